The van der Waals surface area contributed by atoms with E-state index in [2.05, 4.69) is 15.4 Å². The summed E-state index contributed by atoms with van der Waals surface area (Å²) in [5.74, 6) is -6.68. The fourth-order valence-electron chi connectivity index (χ4n) is 5.43. The number of primary amides is 1. The minimum atomic E-state index is -4.00. The van der Waals surface area contributed by atoms with Crippen LogP contribution in [0.2, 0.25) is 0 Å². The molecule has 3 aromatic rings. The molecule has 3 atom stereocenters. The van der Waals surface area contributed by atoms with Gasteiger partial charge in [-0.25, -0.2) is 22.0 Å². The van der Waals surface area contributed by atoms with Crippen molar-refractivity contribution < 1.29 is 51.0 Å². The van der Waals surface area contributed by atoms with E-state index in [0.29, 0.717) is 0 Å². The molecule has 0 saturated carbocycles. The molecule has 250 valence electrons. The molecule has 5 N–H and O–H groups in total. The van der Waals surface area contributed by atoms with Crippen LogP contribution in [0.15, 0.2) is 59.5 Å². The normalized spacial score (nSPS) is 16.7. The fourth-order valence-corrected chi connectivity index (χ4v) is 6.55. The molecule has 1 aliphatic rings. The Morgan fingerprint density at radius 1 is 1.02 bits per heavy atom. The number of hydrogen-bond acceptors (Lipinski definition) is 9. The van der Waals surface area contributed by atoms with Gasteiger partial charge in [-0.1, -0.05) is 13.0 Å². The summed E-state index contributed by atoms with van der Waals surface area (Å²) in [5, 5.41) is 15.5. The number of benzene rings is 3. The fraction of sp³-hybridized carbons (Fsp3) is 0.290. The molecule has 0 bridgehead atoms. The van der Waals surface area contributed by atoms with E-state index in [4.69, 9.17) is 10.5 Å². The molecule has 0 spiro atoms. The zero-order valence-electron chi connectivity index (χ0n) is 25.5. The predicted molar refractivity (Wildman–Crippen MR) is 165 cm³/mol. The van der Waals surface area contributed by atoms with Crippen molar-refractivity contribution in [2.45, 2.75) is 30.3 Å². The van der Waals surface area contributed by atoms with Crippen LogP contribution in [0.4, 0.5) is 25.0 Å². The molecule has 16 heteroatoms. The van der Waals surface area contributed by atoms with Crippen LogP contribution in [-0.4, -0.2) is 68.8 Å². The predicted octanol–water partition coefficient (Wildman–Crippen LogP) is 3.87. The van der Waals surface area contributed by atoms with Gasteiger partial charge in [0.05, 0.1) is 42.4 Å². The van der Waals surface area contributed by atoms with Crippen LogP contribution < -0.4 is 21.1 Å². The Labute approximate surface area is 268 Å². The lowest BCUT2D eigenvalue weighted by Crippen LogP contribution is -2.40. The van der Waals surface area contributed by atoms with Gasteiger partial charge >= 0.3 is 12.1 Å². The van der Waals surface area contributed by atoms with E-state index in [1.807, 2.05) is 0 Å². The van der Waals surface area contributed by atoms with Crippen molar-refractivity contribution in [2.75, 3.05) is 37.2 Å². The van der Waals surface area contributed by atoms with Crippen molar-refractivity contribution in [1.82, 2.24) is 4.90 Å². The summed E-state index contributed by atoms with van der Waals surface area (Å²) in [5.41, 5.74) is 5.03. The van der Waals surface area contributed by atoms with Gasteiger partial charge < -0.3 is 30.5 Å². The number of anilines is 2. The van der Waals surface area contributed by atoms with E-state index >= 15 is 0 Å². The minimum absolute atomic E-state index is 0.0610. The Kier molecular flexibility index (Phi) is 10.3. The number of sulfone groups is 1. The molecule has 0 aromatic heterocycles. The highest BCUT2D eigenvalue weighted by molar-refractivity contribution is 7.91. The number of carbonyl (C=O) groups is 4. The van der Waals surface area contributed by atoms with Crippen molar-refractivity contribution in [3.63, 3.8) is 0 Å². The number of nitrogens with two attached hydrogens (primary N) is 1. The quantitative estimate of drug-likeness (QED) is 0.232. The third-order valence-electron chi connectivity index (χ3n) is 7.77. The first-order valence-electron chi connectivity index (χ1n) is 14.2. The number of likely N-dealkylation sites (tertiary alicyclic amines) is 1. The lowest BCUT2D eigenvalue weighted by atomic mass is 9.92. The Morgan fingerprint density at radius 3 is 2.32 bits per heavy atom. The van der Waals surface area contributed by atoms with Gasteiger partial charge in [-0.2, -0.15) is 0 Å². The lowest BCUT2D eigenvalue weighted by molar-refractivity contribution is -0.143. The number of nitrogens with zero attached hydrogens (tertiary/aromatic N) is 1. The number of halogens is 2. The SMILES string of the molecule is CCS(=O)(=O)c1ccc(NC(=O)OC)cc1[C@H]1[C@@H](C(=O)O)CCN1C(=O)[C@H](Nc1ccc(F)c(C(N)=O)c1)c1ccc(F)c(OC)c1. The molecule has 47 heavy (non-hydrogen) atoms. The molecular weight excluding hydrogens is 642 g/mol. The lowest BCUT2D eigenvalue weighted by Gasteiger charge is -2.33. The zero-order valence-corrected chi connectivity index (χ0v) is 26.3. The van der Waals surface area contributed by atoms with E-state index in [1.165, 1.54) is 55.3 Å². The third kappa shape index (κ3) is 7.27. The van der Waals surface area contributed by atoms with Gasteiger partial charge in [0.1, 0.15) is 11.9 Å². The summed E-state index contributed by atoms with van der Waals surface area (Å²) < 4.78 is 64.9. The maximum atomic E-state index is 14.5. The summed E-state index contributed by atoms with van der Waals surface area (Å²) in [4.78, 5) is 51.8. The smallest absolute Gasteiger partial charge is 0.411 e. The highest BCUT2D eigenvalue weighted by Crippen LogP contribution is 2.43. The molecule has 1 saturated heterocycles. The number of rotatable bonds is 11. The number of methoxy groups -OCH3 is 2. The summed E-state index contributed by atoms with van der Waals surface area (Å²) >= 11 is 0. The van der Waals surface area contributed by atoms with Crippen molar-refractivity contribution in [3.05, 3.63) is 82.9 Å². The first-order chi connectivity index (χ1) is 22.2. The second kappa shape index (κ2) is 14.0. The molecule has 4 rings (SSSR count). The monoisotopic (exact) mass is 674 g/mol. The van der Waals surface area contributed by atoms with Gasteiger partial charge in [-0.05, 0) is 66.1 Å². The number of carboxylic acids is 1. The Balaban J connectivity index is 1.90. The summed E-state index contributed by atoms with van der Waals surface area (Å²) in [6, 6.07) is 7.83. The van der Waals surface area contributed by atoms with E-state index in [1.54, 1.807) is 0 Å². The molecule has 0 aliphatic carbocycles. The maximum absolute atomic E-state index is 14.5. The zero-order chi connectivity index (χ0) is 34.6. The maximum Gasteiger partial charge on any atom is 0.411 e. The number of ether oxygens (including phenoxy) is 2. The largest absolute Gasteiger partial charge is 0.494 e. The van der Waals surface area contributed by atoms with Crippen LogP contribution in [0.25, 0.3) is 0 Å². The summed E-state index contributed by atoms with van der Waals surface area (Å²) in [6.45, 7) is 1.25. The van der Waals surface area contributed by atoms with Crippen molar-refractivity contribution in [1.29, 1.82) is 0 Å². The highest BCUT2D eigenvalue weighted by Gasteiger charge is 2.46. The molecule has 0 radical (unpaired) electrons. The van der Waals surface area contributed by atoms with E-state index in [0.717, 1.165) is 25.3 Å². The Morgan fingerprint density at radius 2 is 1.70 bits per heavy atom. The average molecular weight is 675 g/mol. The molecule has 1 aliphatic heterocycles. The summed E-state index contributed by atoms with van der Waals surface area (Å²) in [7, 11) is -1.66. The van der Waals surface area contributed by atoms with Crippen molar-refractivity contribution in [3.8, 4) is 5.75 Å². The first kappa shape index (κ1) is 34.6. The van der Waals surface area contributed by atoms with Gasteiger partial charge in [-0.15, -0.1) is 0 Å². The second-order valence-corrected chi connectivity index (χ2v) is 12.8. The second-order valence-electron chi connectivity index (χ2n) is 10.5. The topological polar surface area (TPSA) is 194 Å². The number of aliphatic carboxylic acids is 1. The number of amides is 3. The van der Waals surface area contributed by atoms with E-state index in [-0.39, 0.29) is 51.9 Å². The molecule has 0 unspecified atom stereocenters. The van der Waals surface area contributed by atoms with E-state index in [9.17, 15) is 41.5 Å². The van der Waals surface area contributed by atoms with Crippen LogP contribution in [0.1, 0.15) is 46.9 Å². The van der Waals surface area contributed by atoms with Crippen LogP contribution in [-0.2, 0) is 24.2 Å². The van der Waals surface area contributed by atoms with Gasteiger partial charge in [0.2, 0.25) is 5.91 Å². The standard InChI is InChI=1S/C31H32F2N4O9S/c1-4-47(43,44)25-10-7-18(36-31(42)46-3)15-21(25)27-19(30(40)41)11-12-37(27)29(39)26(16-5-8-23(33)24(13-16)45-2)35-17-6-9-22(32)20(14-17)28(34)38/h5-10,13-15,19,26-27,35H,4,11-12H2,1-3H3,(H2,34,38)(H,36,42)(H,40,41)/t19-,26+,27+/m0/s1. The van der Waals surface area contributed by atoms with Crippen LogP contribution >= 0.6 is 0 Å². The number of nitrogens with one attached hydrogen (secondary N) is 2. The molecule has 1 heterocycles. The van der Waals surface area contributed by atoms with Crippen LogP contribution in [0.5, 0.6) is 5.75 Å². The highest BCUT2D eigenvalue weighted by atomic mass is 32.2. The number of carbonyl (C=O) groups excluding carboxylic acids is 3. The molecular formula is C31H32F2N4O9S. The first-order valence-corrected chi connectivity index (χ1v) is 15.8. The van der Waals surface area contributed by atoms with Gasteiger partial charge in [0.15, 0.2) is 21.4 Å². The van der Waals surface area contributed by atoms with E-state index < -0.39 is 68.9 Å². The van der Waals surface area contributed by atoms with Crippen molar-refractivity contribution in [2.24, 2.45) is 11.7 Å². The molecule has 3 aromatic carbocycles. The summed E-state index contributed by atoms with van der Waals surface area (Å²) in [6.07, 6.45) is -0.950. The molecule has 13 nitrogen and oxygen atoms in total. The minimum Gasteiger partial charge on any atom is -0.494 e. The third-order valence-corrected chi connectivity index (χ3v) is 9.57. The molecule has 1 fully saturated rings. The Hall–Kier alpha value is -5.25. The van der Waals surface area contributed by atoms with Gasteiger partial charge in [0, 0.05) is 17.9 Å². The molecule has 3 amide bonds. The average Bonchev–Trinajstić information content (AvgIpc) is 3.50. The van der Waals surface area contributed by atoms with Crippen LogP contribution in [0.3, 0.4) is 0 Å². The van der Waals surface area contributed by atoms with Gasteiger partial charge in [-0.3, -0.25) is 19.7 Å². The van der Waals surface area contributed by atoms with Crippen molar-refractivity contribution >= 4 is 45.1 Å². The van der Waals surface area contributed by atoms with Gasteiger partial charge in [0.25, 0.3) is 5.91 Å². The number of hydrogen-bond donors (Lipinski definition) is 4. The number of carboxylic acid groups (broad SMARTS) is 1. The Bertz CT molecular complexity index is 1840. The van der Waals surface area contributed by atoms with Crippen LogP contribution in [0, 0.1) is 17.6 Å².